The third-order valence-electron chi connectivity index (χ3n) is 2.90. The van der Waals surface area contributed by atoms with E-state index in [4.69, 9.17) is 5.73 Å². The zero-order chi connectivity index (χ0) is 13.3. The molecule has 2 rings (SSSR count). The molecule has 0 aliphatic carbocycles. The number of benzene rings is 1. The molecular weight excluding hydrogens is 237 g/mol. The number of piperazine rings is 1. The van der Waals surface area contributed by atoms with Gasteiger partial charge in [0, 0.05) is 12.2 Å². The molecule has 1 saturated heterocycles. The minimum absolute atomic E-state index is 0.114. The Labute approximate surface area is 104 Å². The van der Waals surface area contributed by atoms with Crippen LogP contribution < -0.4 is 11.1 Å². The number of rotatable bonds is 2. The summed E-state index contributed by atoms with van der Waals surface area (Å²) >= 11 is 0. The van der Waals surface area contributed by atoms with Gasteiger partial charge in [-0.15, -0.1) is 0 Å². The van der Waals surface area contributed by atoms with Crippen LogP contribution in [0.4, 0.5) is 10.1 Å². The molecule has 6 heteroatoms. The smallest absolute Gasteiger partial charge is 0.243 e. The highest BCUT2D eigenvalue weighted by Gasteiger charge is 2.30. The molecule has 1 aromatic rings. The Hall–Kier alpha value is -1.95. The molecule has 96 valence electrons. The first-order valence-corrected chi connectivity index (χ1v) is 5.58. The van der Waals surface area contributed by atoms with Crippen molar-refractivity contribution in [3.8, 4) is 0 Å². The normalized spacial score (nSPS) is 20.9. The van der Waals surface area contributed by atoms with Crippen LogP contribution in [0.3, 0.4) is 0 Å². The summed E-state index contributed by atoms with van der Waals surface area (Å²) in [6, 6.07) is 3.78. The van der Waals surface area contributed by atoms with E-state index in [0.717, 1.165) is 0 Å². The number of nitrogens with two attached hydrogens (primary N) is 1. The van der Waals surface area contributed by atoms with Gasteiger partial charge in [0.2, 0.25) is 11.8 Å². The lowest BCUT2D eigenvalue weighted by atomic mass is 10.1. The number of nitrogens with zero attached hydrogens (tertiary/aromatic N) is 1. The predicted octanol–water partition coefficient (Wildman–Crippen LogP) is 0.255. The second-order valence-corrected chi connectivity index (χ2v) is 4.39. The Morgan fingerprint density at radius 1 is 1.44 bits per heavy atom. The summed E-state index contributed by atoms with van der Waals surface area (Å²) in [5.74, 6) is -1.11. The van der Waals surface area contributed by atoms with Crippen LogP contribution in [0.2, 0.25) is 0 Å². The summed E-state index contributed by atoms with van der Waals surface area (Å²) in [7, 11) is 0. The summed E-state index contributed by atoms with van der Waals surface area (Å²) in [5, 5.41) is 2.25. The number of hydrogen-bond acceptors (Lipinski definition) is 4. The number of carbonyl (C=O) groups is 2. The summed E-state index contributed by atoms with van der Waals surface area (Å²) < 4.78 is 13.2. The highest BCUT2D eigenvalue weighted by Crippen LogP contribution is 2.15. The molecule has 1 aliphatic heterocycles. The fourth-order valence-electron chi connectivity index (χ4n) is 1.96. The summed E-state index contributed by atoms with van der Waals surface area (Å²) in [5.41, 5.74) is 6.51. The van der Waals surface area contributed by atoms with Gasteiger partial charge >= 0.3 is 0 Å². The maximum absolute atomic E-state index is 13.2. The van der Waals surface area contributed by atoms with Gasteiger partial charge in [-0.05, 0) is 30.7 Å². The number of nitrogen functional groups attached to an aromatic ring is 1. The lowest BCUT2D eigenvalue weighted by Gasteiger charge is -2.31. The molecule has 1 heterocycles. The van der Waals surface area contributed by atoms with Crippen LogP contribution in [-0.2, 0) is 16.1 Å². The van der Waals surface area contributed by atoms with Crippen molar-refractivity contribution in [2.24, 2.45) is 0 Å². The van der Waals surface area contributed by atoms with Gasteiger partial charge in [-0.3, -0.25) is 19.8 Å². The molecule has 0 spiro atoms. The minimum Gasteiger partial charge on any atom is -0.399 e. The van der Waals surface area contributed by atoms with Gasteiger partial charge in [-0.1, -0.05) is 0 Å². The molecule has 1 atom stereocenters. The van der Waals surface area contributed by atoms with Crippen LogP contribution in [0.25, 0.3) is 0 Å². The van der Waals surface area contributed by atoms with E-state index in [0.29, 0.717) is 17.8 Å². The van der Waals surface area contributed by atoms with E-state index in [-0.39, 0.29) is 18.4 Å². The highest BCUT2D eigenvalue weighted by atomic mass is 19.1. The Bertz CT molecular complexity index is 484. The fourth-order valence-corrected chi connectivity index (χ4v) is 1.96. The number of halogens is 1. The minimum atomic E-state index is -0.426. The second kappa shape index (κ2) is 4.73. The zero-order valence-electron chi connectivity index (χ0n) is 9.94. The molecule has 2 amide bonds. The zero-order valence-corrected chi connectivity index (χ0v) is 9.94. The molecule has 1 unspecified atom stereocenters. The summed E-state index contributed by atoms with van der Waals surface area (Å²) in [6.07, 6.45) is 0. The van der Waals surface area contributed by atoms with Gasteiger partial charge in [0.25, 0.3) is 0 Å². The average molecular weight is 251 g/mol. The Morgan fingerprint density at radius 2 is 2.17 bits per heavy atom. The number of carbonyl (C=O) groups excluding carboxylic acids is 2. The van der Waals surface area contributed by atoms with Crippen LogP contribution in [0.5, 0.6) is 0 Å². The van der Waals surface area contributed by atoms with Crippen molar-refractivity contribution in [1.29, 1.82) is 0 Å². The molecule has 18 heavy (non-hydrogen) atoms. The average Bonchev–Trinajstić information content (AvgIpc) is 2.23. The standard InChI is InChI=1S/C12H14FN3O2/c1-7-12(18)15-11(17)6-16(7)5-8-2-9(13)4-10(14)3-8/h2-4,7H,5-6,14H2,1H3,(H,15,17,18). The first-order chi connectivity index (χ1) is 8.45. The van der Waals surface area contributed by atoms with Gasteiger partial charge < -0.3 is 5.73 Å². The quantitative estimate of drug-likeness (QED) is 0.584. The molecular formula is C12H14FN3O2. The first kappa shape index (κ1) is 12.5. The maximum Gasteiger partial charge on any atom is 0.243 e. The maximum atomic E-state index is 13.2. The molecule has 0 radical (unpaired) electrons. The van der Waals surface area contributed by atoms with E-state index in [1.165, 1.54) is 12.1 Å². The fraction of sp³-hybridized carbons (Fsp3) is 0.333. The monoisotopic (exact) mass is 251 g/mol. The van der Waals surface area contributed by atoms with Crippen molar-refractivity contribution in [1.82, 2.24) is 10.2 Å². The van der Waals surface area contributed by atoms with Crippen LogP contribution in [-0.4, -0.2) is 29.3 Å². The molecule has 1 fully saturated rings. The Kier molecular flexibility index (Phi) is 3.29. The summed E-state index contributed by atoms with van der Waals surface area (Å²) in [4.78, 5) is 24.4. The van der Waals surface area contributed by atoms with Crippen molar-refractivity contribution in [3.63, 3.8) is 0 Å². The number of anilines is 1. The molecule has 1 aliphatic rings. The number of imide groups is 1. The molecule has 0 aromatic heterocycles. The first-order valence-electron chi connectivity index (χ1n) is 5.58. The van der Waals surface area contributed by atoms with Gasteiger partial charge in [0.05, 0.1) is 12.6 Å². The molecule has 0 bridgehead atoms. The highest BCUT2D eigenvalue weighted by molar-refractivity contribution is 6.00. The van der Waals surface area contributed by atoms with Crippen LogP contribution in [0.15, 0.2) is 18.2 Å². The predicted molar refractivity (Wildman–Crippen MR) is 63.8 cm³/mol. The van der Waals surface area contributed by atoms with Crippen LogP contribution in [0.1, 0.15) is 12.5 Å². The third-order valence-corrected chi connectivity index (χ3v) is 2.90. The lowest BCUT2D eigenvalue weighted by molar-refractivity contribution is -0.139. The van der Waals surface area contributed by atoms with Crippen molar-refractivity contribution < 1.29 is 14.0 Å². The van der Waals surface area contributed by atoms with Crippen molar-refractivity contribution in [2.75, 3.05) is 12.3 Å². The molecule has 5 nitrogen and oxygen atoms in total. The van der Waals surface area contributed by atoms with Gasteiger partial charge in [0.15, 0.2) is 0 Å². The second-order valence-electron chi connectivity index (χ2n) is 4.39. The summed E-state index contributed by atoms with van der Waals surface area (Å²) in [6.45, 7) is 2.12. The lowest BCUT2D eigenvalue weighted by Crippen LogP contribution is -2.56. The molecule has 3 N–H and O–H groups in total. The molecule has 0 saturated carbocycles. The van der Waals surface area contributed by atoms with Gasteiger partial charge in [0.1, 0.15) is 5.82 Å². The molecule has 1 aromatic carbocycles. The van der Waals surface area contributed by atoms with E-state index in [9.17, 15) is 14.0 Å². The van der Waals surface area contributed by atoms with Crippen LogP contribution in [0, 0.1) is 5.82 Å². The SMILES string of the molecule is CC1C(=O)NC(=O)CN1Cc1cc(N)cc(F)c1. The Morgan fingerprint density at radius 3 is 2.83 bits per heavy atom. The largest absolute Gasteiger partial charge is 0.399 e. The van der Waals surface area contributed by atoms with Crippen molar-refractivity contribution >= 4 is 17.5 Å². The van der Waals surface area contributed by atoms with Crippen molar-refractivity contribution in [3.05, 3.63) is 29.6 Å². The van der Waals surface area contributed by atoms with Crippen LogP contribution >= 0.6 is 0 Å². The third kappa shape index (κ3) is 2.65. The number of nitrogens with one attached hydrogen (secondary N) is 1. The van der Waals surface area contributed by atoms with Gasteiger partial charge in [-0.2, -0.15) is 0 Å². The van der Waals surface area contributed by atoms with E-state index in [2.05, 4.69) is 5.32 Å². The van der Waals surface area contributed by atoms with E-state index in [1.54, 1.807) is 17.9 Å². The van der Waals surface area contributed by atoms with Gasteiger partial charge in [-0.25, -0.2) is 4.39 Å². The van der Waals surface area contributed by atoms with E-state index in [1.807, 2.05) is 0 Å². The topological polar surface area (TPSA) is 75.4 Å². The number of amides is 2. The number of hydrogen-bond donors (Lipinski definition) is 2. The van der Waals surface area contributed by atoms with E-state index < -0.39 is 11.9 Å². The van der Waals surface area contributed by atoms with Crippen molar-refractivity contribution in [2.45, 2.75) is 19.5 Å². The Balaban J connectivity index is 2.17. The van der Waals surface area contributed by atoms with E-state index >= 15 is 0 Å².